The number of fused-ring (bicyclic) bond motifs is 1. The van der Waals surface area contributed by atoms with Crippen molar-refractivity contribution in [3.63, 3.8) is 0 Å². The number of hydrogen-bond donors (Lipinski definition) is 2. The number of carbonyl (C=O) groups excluding carboxylic acids is 1. The zero-order chi connectivity index (χ0) is 18.6. The normalized spacial score (nSPS) is 21.4. The van der Waals surface area contributed by atoms with Gasteiger partial charge in [0.05, 0.1) is 6.10 Å². The van der Waals surface area contributed by atoms with Crippen LogP contribution in [0.4, 0.5) is 5.69 Å². The van der Waals surface area contributed by atoms with Crippen LogP contribution in [0.3, 0.4) is 0 Å². The lowest BCUT2D eigenvalue weighted by Gasteiger charge is -2.34. The van der Waals surface area contributed by atoms with E-state index in [9.17, 15) is 9.90 Å². The van der Waals surface area contributed by atoms with E-state index in [-0.39, 0.29) is 5.91 Å². The lowest BCUT2D eigenvalue weighted by atomic mass is 9.91. The van der Waals surface area contributed by atoms with Gasteiger partial charge in [0.25, 0.3) is 0 Å². The molecule has 0 saturated carbocycles. The van der Waals surface area contributed by atoms with E-state index >= 15 is 0 Å². The second-order valence-corrected chi connectivity index (χ2v) is 7.94. The number of β-amino-alcohol motifs (C(OH)–C–C–N with tert-alkyl or cyclic N) is 1. The highest BCUT2D eigenvalue weighted by molar-refractivity contribution is 5.93. The van der Waals surface area contributed by atoms with E-state index in [1.807, 2.05) is 12.1 Å². The zero-order valence-corrected chi connectivity index (χ0v) is 15.7. The topological polar surface area (TPSA) is 52.6 Å². The Morgan fingerprint density at radius 3 is 2.85 bits per heavy atom. The Hall–Kier alpha value is -2.17. The number of aliphatic hydroxyl groups is 1. The number of hydrogen-bond acceptors (Lipinski definition) is 3. The highest BCUT2D eigenvalue weighted by Crippen LogP contribution is 2.28. The molecule has 2 aliphatic rings. The molecule has 0 aromatic heterocycles. The largest absolute Gasteiger partial charge is 0.387 e. The molecule has 2 aromatic rings. The number of aliphatic hydroxyl groups excluding tert-OH is 1. The molecule has 1 unspecified atom stereocenters. The summed E-state index contributed by atoms with van der Waals surface area (Å²) in [5, 5.41) is 13.7. The highest BCUT2D eigenvalue weighted by Gasteiger charge is 2.23. The van der Waals surface area contributed by atoms with Gasteiger partial charge >= 0.3 is 0 Å². The lowest BCUT2D eigenvalue weighted by molar-refractivity contribution is -0.116. The van der Waals surface area contributed by atoms with Crippen LogP contribution in [0.5, 0.6) is 0 Å². The molecular weight excluding hydrogens is 336 g/mol. The Morgan fingerprint density at radius 2 is 2.00 bits per heavy atom. The van der Waals surface area contributed by atoms with Crippen molar-refractivity contribution in [2.24, 2.45) is 5.92 Å². The molecule has 1 saturated heterocycles. The molecule has 4 heteroatoms. The lowest BCUT2D eigenvalue weighted by Crippen LogP contribution is -2.38. The van der Waals surface area contributed by atoms with Crippen molar-refractivity contribution >= 4 is 11.6 Å². The van der Waals surface area contributed by atoms with E-state index in [0.717, 1.165) is 42.7 Å². The molecule has 1 amide bonds. The number of nitrogens with one attached hydrogen (secondary N) is 1. The van der Waals surface area contributed by atoms with Gasteiger partial charge in [-0.1, -0.05) is 42.5 Å². The summed E-state index contributed by atoms with van der Waals surface area (Å²) >= 11 is 0. The van der Waals surface area contributed by atoms with E-state index in [1.165, 1.54) is 18.4 Å². The summed E-state index contributed by atoms with van der Waals surface area (Å²) in [4.78, 5) is 13.9. The van der Waals surface area contributed by atoms with Crippen molar-refractivity contribution in [1.29, 1.82) is 0 Å². The third kappa shape index (κ3) is 4.57. The Labute approximate surface area is 161 Å². The van der Waals surface area contributed by atoms with E-state index in [4.69, 9.17) is 0 Å². The van der Waals surface area contributed by atoms with Crippen LogP contribution in [-0.4, -0.2) is 35.5 Å². The minimum Gasteiger partial charge on any atom is -0.387 e. The fourth-order valence-electron chi connectivity index (χ4n) is 4.39. The summed E-state index contributed by atoms with van der Waals surface area (Å²) in [6.07, 6.45) is 4.38. The molecule has 0 bridgehead atoms. The zero-order valence-electron chi connectivity index (χ0n) is 15.7. The Kier molecular flexibility index (Phi) is 5.55. The molecule has 2 heterocycles. The Morgan fingerprint density at radius 1 is 1.15 bits per heavy atom. The maximum Gasteiger partial charge on any atom is 0.224 e. The number of amides is 1. The second kappa shape index (κ2) is 8.24. The molecule has 27 heavy (non-hydrogen) atoms. The standard InChI is InChI=1S/C23H28N2O2/c26-22(20-8-10-21-19(14-20)9-11-23(27)24-21)16-25-12-4-7-18(15-25)13-17-5-2-1-3-6-17/h1-3,5-6,8,10,14,18,22,26H,4,7,9,11-13,15-16H2,(H,24,27)/t18-,22?/m1/s1. The Balaban J connectivity index is 1.36. The molecule has 4 nitrogen and oxygen atoms in total. The van der Waals surface area contributed by atoms with Crippen LogP contribution in [0.15, 0.2) is 48.5 Å². The number of carbonyl (C=O) groups is 1. The molecule has 1 fully saturated rings. The number of aryl methyl sites for hydroxylation is 1. The molecule has 142 valence electrons. The maximum absolute atomic E-state index is 11.5. The van der Waals surface area contributed by atoms with Gasteiger partial charge in [0, 0.05) is 25.2 Å². The van der Waals surface area contributed by atoms with E-state index < -0.39 is 6.10 Å². The van der Waals surface area contributed by atoms with Crippen molar-refractivity contribution in [2.75, 3.05) is 25.0 Å². The van der Waals surface area contributed by atoms with Crippen molar-refractivity contribution in [3.8, 4) is 0 Å². The van der Waals surface area contributed by atoms with Crippen molar-refractivity contribution < 1.29 is 9.90 Å². The molecule has 0 aliphatic carbocycles. The van der Waals surface area contributed by atoms with Gasteiger partial charge in [0.15, 0.2) is 0 Å². The fraction of sp³-hybridized carbons (Fsp3) is 0.435. The number of nitrogens with zero attached hydrogens (tertiary/aromatic N) is 1. The van der Waals surface area contributed by atoms with Crippen LogP contribution in [0.1, 0.15) is 42.1 Å². The first-order chi connectivity index (χ1) is 13.2. The van der Waals surface area contributed by atoms with Gasteiger partial charge in [-0.25, -0.2) is 0 Å². The van der Waals surface area contributed by atoms with Gasteiger partial charge < -0.3 is 15.3 Å². The predicted molar refractivity (Wildman–Crippen MR) is 108 cm³/mol. The van der Waals surface area contributed by atoms with E-state index in [0.29, 0.717) is 18.9 Å². The third-order valence-corrected chi connectivity index (χ3v) is 5.81. The average molecular weight is 364 g/mol. The summed E-state index contributed by atoms with van der Waals surface area (Å²) in [6, 6.07) is 16.6. The molecule has 4 rings (SSSR count). The first kappa shape index (κ1) is 18.2. The molecule has 0 spiro atoms. The summed E-state index contributed by atoms with van der Waals surface area (Å²) in [5.74, 6) is 0.737. The second-order valence-electron chi connectivity index (χ2n) is 7.94. The fourth-order valence-corrected chi connectivity index (χ4v) is 4.39. The summed E-state index contributed by atoms with van der Waals surface area (Å²) in [6.45, 7) is 2.78. The highest BCUT2D eigenvalue weighted by atomic mass is 16.3. The molecule has 2 aromatic carbocycles. The van der Waals surface area contributed by atoms with Gasteiger partial charge in [-0.3, -0.25) is 4.79 Å². The average Bonchev–Trinajstić information content (AvgIpc) is 2.68. The minimum atomic E-state index is -0.483. The number of anilines is 1. The monoisotopic (exact) mass is 364 g/mol. The van der Waals surface area contributed by atoms with Crippen molar-refractivity contribution in [1.82, 2.24) is 4.90 Å². The van der Waals surface area contributed by atoms with Gasteiger partial charge in [0.2, 0.25) is 5.91 Å². The number of likely N-dealkylation sites (tertiary alicyclic amines) is 1. The smallest absolute Gasteiger partial charge is 0.224 e. The molecular formula is C23H28N2O2. The third-order valence-electron chi connectivity index (χ3n) is 5.81. The van der Waals surface area contributed by atoms with Gasteiger partial charge in [-0.15, -0.1) is 0 Å². The van der Waals surface area contributed by atoms with Gasteiger partial charge in [-0.2, -0.15) is 0 Å². The summed E-state index contributed by atoms with van der Waals surface area (Å²) < 4.78 is 0. The maximum atomic E-state index is 11.5. The van der Waals surface area contributed by atoms with Gasteiger partial charge in [-0.05, 0) is 60.9 Å². The Bertz CT molecular complexity index is 790. The first-order valence-corrected chi connectivity index (χ1v) is 10.0. The van der Waals surface area contributed by atoms with Crippen LogP contribution >= 0.6 is 0 Å². The van der Waals surface area contributed by atoms with E-state index in [1.54, 1.807) is 0 Å². The quantitative estimate of drug-likeness (QED) is 0.853. The molecule has 0 radical (unpaired) electrons. The SMILES string of the molecule is O=C1CCc2cc(C(O)CN3CCC[C@H](Cc4ccccc4)C3)ccc2N1. The molecule has 2 aliphatic heterocycles. The predicted octanol–water partition coefficient (Wildman–Crippen LogP) is 3.56. The van der Waals surface area contributed by atoms with Crippen LogP contribution in [-0.2, 0) is 17.6 Å². The summed E-state index contributed by atoms with van der Waals surface area (Å²) in [5.41, 5.74) is 4.38. The van der Waals surface area contributed by atoms with Crippen LogP contribution < -0.4 is 5.32 Å². The summed E-state index contributed by atoms with van der Waals surface area (Å²) in [7, 11) is 0. The number of benzene rings is 2. The number of piperidine rings is 1. The van der Waals surface area contributed by atoms with Crippen molar-refractivity contribution in [3.05, 3.63) is 65.2 Å². The number of rotatable bonds is 5. The van der Waals surface area contributed by atoms with Crippen LogP contribution in [0.2, 0.25) is 0 Å². The molecule has 2 atom stereocenters. The van der Waals surface area contributed by atoms with Gasteiger partial charge in [0.1, 0.15) is 0 Å². The van der Waals surface area contributed by atoms with Crippen molar-refractivity contribution in [2.45, 2.75) is 38.2 Å². The first-order valence-electron chi connectivity index (χ1n) is 10.0. The van der Waals surface area contributed by atoms with E-state index in [2.05, 4.69) is 46.6 Å². The van der Waals surface area contributed by atoms with Crippen LogP contribution in [0.25, 0.3) is 0 Å². The van der Waals surface area contributed by atoms with Crippen LogP contribution in [0, 0.1) is 5.92 Å². The minimum absolute atomic E-state index is 0.0774. The molecule has 2 N–H and O–H groups in total.